The quantitative estimate of drug-likeness (QED) is 0.596. The van der Waals surface area contributed by atoms with Crippen molar-refractivity contribution in [2.24, 2.45) is 0 Å². The van der Waals surface area contributed by atoms with E-state index in [0.29, 0.717) is 21.5 Å². The lowest BCUT2D eigenvalue weighted by Gasteiger charge is -2.07. The van der Waals surface area contributed by atoms with E-state index in [-0.39, 0.29) is 12.4 Å². The van der Waals surface area contributed by atoms with E-state index in [9.17, 15) is 9.59 Å². The number of halogens is 1. The van der Waals surface area contributed by atoms with Crippen molar-refractivity contribution in [2.45, 2.75) is 19.8 Å². The molecule has 0 fully saturated rings. The monoisotopic (exact) mass is 361 g/mol. The molecule has 114 valence electrons. The van der Waals surface area contributed by atoms with Crippen molar-refractivity contribution in [3.63, 3.8) is 0 Å². The van der Waals surface area contributed by atoms with Crippen molar-refractivity contribution in [2.75, 3.05) is 6.61 Å². The number of hydrogen-bond donors (Lipinski definition) is 0. The number of nitrogens with zero attached hydrogens (tertiary/aromatic N) is 1. The number of esters is 1. The topological polar surface area (TPSA) is 56.3 Å². The Hall–Kier alpha value is -2.01. The molecule has 0 bridgehead atoms. The molecular weight excluding hydrogens is 346 g/mol. The highest BCUT2D eigenvalue weighted by Gasteiger charge is 2.12. The largest absolute Gasteiger partial charge is 0.454 e. The second-order valence-corrected chi connectivity index (χ2v) is 6.08. The summed E-state index contributed by atoms with van der Waals surface area (Å²) in [6.07, 6.45) is 2.97. The molecule has 0 aliphatic heterocycles. The smallest absolute Gasteiger partial charge is 0.340 e. The number of ketones is 1. The van der Waals surface area contributed by atoms with Crippen LogP contribution in [0.3, 0.4) is 0 Å². The lowest BCUT2D eigenvalue weighted by Crippen LogP contribution is -2.14. The summed E-state index contributed by atoms with van der Waals surface area (Å²) >= 11 is 3.23. The van der Waals surface area contributed by atoms with Crippen LogP contribution in [-0.2, 0) is 4.74 Å². The fourth-order valence-corrected chi connectivity index (χ4v) is 2.24. The Morgan fingerprint density at radius 2 is 1.82 bits per heavy atom. The van der Waals surface area contributed by atoms with Crippen molar-refractivity contribution < 1.29 is 14.3 Å². The Balaban J connectivity index is 1.96. The van der Waals surface area contributed by atoms with Crippen LogP contribution in [0.25, 0.3) is 0 Å². The van der Waals surface area contributed by atoms with Crippen molar-refractivity contribution >= 4 is 27.7 Å². The molecule has 0 N–H and O–H groups in total. The average molecular weight is 362 g/mol. The number of Topliss-reactive ketones (excluding diaryl/α,β-unsaturated/α-hetero) is 1. The molecule has 0 amide bonds. The van der Waals surface area contributed by atoms with Gasteiger partial charge in [-0.2, -0.15) is 0 Å². The summed E-state index contributed by atoms with van der Waals surface area (Å²) in [5.74, 6) is -0.390. The van der Waals surface area contributed by atoms with Gasteiger partial charge in [0.2, 0.25) is 0 Å². The van der Waals surface area contributed by atoms with Crippen LogP contribution in [0, 0.1) is 0 Å². The molecule has 22 heavy (non-hydrogen) atoms. The summed E-state index contributed by atoms with van der Waals surface area (Å²) in [4.78, 5) is 27.8. The zero-order chi connectivity index (χ0) is 16.1. The van der Waals surface area contributed by atoms with Crippen LogP contribution in [0.2, 0.25) is 0 Å². The number of hydrogen-bond acceptors (Lipinski definition) is 4. The number of rotatable bonds is 5. The molecule has 1 heterocycles. The molecule has 2 rings (SSSR count). The van der Waals surface area contributed by atoms with Gasteiger partial charge in [-0.3, -0.25) is 9.78 Å². The number of benzene rings is 1. The van der Waals surface area contributed by atoms with Crippen LogP contribution in [0.15, 0.2) is 47.2 Å². The highest BCUT2D eigenvalue weighted by Crippen LogP contribution is 2.15. The zero-order valence-corrected chi connectivity index (χ0v) is 14.0. The summed E-state index contributed by atoms with van der Waals surface area (Å²) in [6, 6.07) is 8.94. The summed E-state index contributed by atoms with van der Waals surface area (Å²) in [7, 11) is 0. The molecule has 0 aliphatic carbocycles. The third-order valence-electron chi connectivity index (χ3n) is 3.17. The van der Waals surface area contributed by atoms with Gasteiger partial charge in [-0.05, 0) is 33.5 Å². The molecule has 0 saturated carbocycles. The van der Waals surface area contributed by atoms with Gasteiger partial charge in [-0.15, -0.1) is 0 Å². The van der Waals surface area contributed by atoms with Crippen LogP contribution in [0.5, 0.6) is 0 Å². The molecule has 1 aromatic heterocycles. The normalized spacial score (nSPS) is 10.5. The van der Waals surface area contributed by atoms with Crippen LogP contribution in [0.1, 0.15) is 46.0 Å². The number of carbonyl (C=O) groups is 2. The van der Waals surface area contributed by atoms with Gasteiger partial charge in [-0.25, -0.2) is 4.79 Å². The number of pyridine rings is 1. The highest BCUT2D eigenvalue weighted by atomic mass is 79.9. The Kier molecular flexibility index (Phi) is 5.44. The maximum Gasteiger partial charge on any atom is 0.340 e. The van der Waals surface area contributed by atoms with Crippen LogP contribution in [-0.4, -0.2) is 23.3 Å². The molecule has 4 nitrogen and oxygen atoms in total. The van der Waals surface area contributed by atoms with E-state index in [4.69, 9.17) is 4.74 Å². The minimum atomic E-state index is -0.569. The van der Waals surface area contributed by atoms with Crippen molar-refractivity contribution in [3.05, 3.63) is 63.9 Å². The first kappa shape index (κ1) is 16.4. The fourth-order valence-electron chi connectivity index (χ4n) is 1.88. The van der Waals surface area contributed by atoms with E-state index in [0.717, 1.165) is 5.56 Å². The Bertz CT molecular complexity index is 681. The van der Waals surface area contributed by atoms with Gasteiger partial charge in [0.1, 0.15) is 0 Å². The van der Waals surface area contributed by atoms with E-state index in [1.165, 1.54) is 6.20 Å². The summed E-state index contributed by atoms with van der Waals surface area (Å²) in [5.41, 5.74) is 2.00. The Labute approximate surface area is 137 Å². The van der Waals surface area contributed by atoms with Crippen LogP contribution < -0.4 is 0 Å². The second kappa shape index (κ2) is 7.31. The summed E-state index contributed by atoms with van der Waals surface area (Å²) in [5, 5.41) is 0. The SMILES string of the molecule is CC(C)c1ccc(C(=O)COC(=O)c2cncc(Br)c2)cc1. The molecule has 1 aromatic carbocycles. The summed E-state index contributed by atoms with van der Waals surface area (Å²) < 4.78 is 5.71. The number of carbonyl (C=O) groups excluding carboxylic acids is 2. The standard InChI is InChI=1S/C17H16BrNO3/c1-11(2)12-3-5-13(6-4-12)16(20)10-22-17(21)14-7-15(18)9-19-8-14/h3-9,11H,10H2,1-2H3. The zero-order valence-electron chi connectivity index (χ0n) is 12.4. The molecule has 2 aromatic rings. The van der Waals surface area contributed by atoms with E-state index < -0.39 is 5.97 Å². The van der Waals surface area contributed by atoms with Gasteiger partial charge in [0.25, 0.3) is 0 Å². The van der Waals surface area contributed by atoms with Crippen molar-refractivity contribution in [1.82, 2.24) is 4.98 Å². The molecule has 0 saturated heterocycles. The van der Waals surface area contributed by atoms with Gasteiger partial charge in [0.05, 0.1) is 5.56 Å². The van der Waals surface area contributed by atoms with E-state index >= 15 is 0 Å². The fraction of sp³-hybridized carbons (Fsp3) is 0.235. The maximum absolute atomic E-state index is 12.0. The molecule has 0 aliphatic rings. The lowest BCUT2D eigenvalue weighted by atomic mass is 10.0. The first-order valence-corrected chi connectivity index (χ1v) is 7.67. The first-order valence-electron chi connectivity index (χ1n) is 6.88. The molecule has 0 spiro atoms. The predicted octanol–water partition coefficient (Wildman–Crippen LogP) is 4.01. The number of ether oxygens (including phenoxy) is 1. The van der Waals surface area contributed by atoms with Gasteiger partial charge in [-0.1, -0.05) is 38.1 Å². The van der Waals surface area contributed by atoms with E-state index in [2.05, 4.69) is 34.8 Å². The maximum atomic E-state index is 12.0. The highest BCUT2D eigenvalue weighted by molar-refractivity contribution is 9.10. The first-order chi connectivity index (χ1) is 10.5. The van der Waals surface area contributed by atoms with E-state index in [1.54, 1.807) is 24.4 Å². The third-order valence-corrected chi connectivity index (χ3v) is 3.61. The van der Waals surface area contributed by atoms with Crippen molar-refractivity contribution in [3.8, 4) is 0 Å². The predicted molar refractivity (Wildman–Crippen MR) is 87.1 cm³/mol. The molecule has 0 unspecified atom stereocenters. The molecular formula is C17H16BrNO3. The summed E-state index contributed by atoms with van der Waals surface area (Å²) in [6.45, 7) is 3.89. The third kappa shape index (κ3) is 4.24. The minimum absolute atomic E-state index is 0.230. The average Bonchev–Trinajstić information content (AvgIpc) is 2.52. The Morgan fingerprint density at radius 1 is 1.14 bits per heavy atom. The van der Waals surface area contributed by atoms with Gasteiger partial charge < -0.3 is 4.74 Å². The van der Waals surface area contributed by atoms with Gasteiger partial charge >= 0.3 is 5.97 Å². The van der Waals surface area contributed by atoms with Crippen molar-refractivity contribution in [1.29, 1.82) is 0 Å². The minimum Gasteiger partial charge on any atom is -0.454 e. The van der Waals surface area contributed by atoms with Gasteiger partial charge in [0, 0.05) is 22.4 Å². The molecule has 0 atom stereocenters. The van der Waals surface area contributed by atoms with Crippen LogP contribution in [0.4, 0.5) is 0 Å². The second-order valence-electron chi connectivity index (χ2n) is 5.17. The molecule has 0 radical (unpaired) electrons. The van der Waals surface area contributed by atoms with Gasteiger partial charge in [0.15, 0.2) is 12.4 Å². The van der Waals surface area contributed by atoms with Crippen LogP contribution >= 0.6 is 15.9 Å². The molecule has 5 heteroatoms. The lowest BCUT2D eigenvalue weighted by molar-refractivity contribution is 0.0474. The van der Waals surface area contributed by atoms with E-state index in [1.807, 2.05) is 12.1 Å². The number of aromatic nitrogens is 1. The Morgan fingerprint density at radius 3 is 2.41 bits per heavy atom.